The van der Waals surface area contributed by atoms with Crippen molar-refractivity contribution in [2.45, 2.75) is 26.3 Å². The molecule has 0 amide bonds. The maximum atomic E-state index is 5.63. The topological polar surface area (TPSA) is 48.9 Å². The molecule has 2 aromatic heterocycles. The van der Waals surface area contributed by atoms with Crippen molar-refractivity contribution < 1.29 is 13.9 Å². The number of hydrogen-bond donors (Lipinski definition) is 0. The van der Waals surface area contributed by atoms with Gasteiger partial charge >= 0.3 is 0 Å². The molecule has 5 nitrogen and oxygen atoms in total. The number of methoxy groups -OCH3 is 2. The Bertz CT molecular complexity index is 1200. The molecule has 0 unspecified atom stereocenters. The summed E-state index contributed by atoms with van der Waals surface area (Å²) in [7, 11) is 3.34. The molecule has 0 spiro atoms. The lowest BCUT2D eigenvalue weighted by molar-refractivity contribution is 0.404. The first-order valence-corrected chi connectivity index (χ1v) is 11.0. The fourth-order valence-electron chi connectivity index (χ4n) is 3.40. The third-order valence-corrected chi connectivity index (χ3v) is 6.02. The minimum atomic E-state index is 0.492. The highest BCUT2D eigenvalue weighted by atomic mass is 32.1. The molecule has 0 saturated heterocycles. The molecule has 2 heterocycles. The number of furan rings is 1. The molecule has 4 aromatic rings. The number of ether oxygens (including phenoxy) is 2. The molecular weight excluding hydrogens is 408 g/mol. The Morgan fingerprint density at radius 3 is 2.48 bits per heavy atom. The first-order valence-electron chi connectivity index (χ1n) is 10.2. The second kappa shape index (κ2) is 9.27. The van der Waals surface area contributed by atoms with Gasteiger partial charge < -0.3 is 18.5 Å². The number of hydrogen-bond acceptors (Lipinski definition) is 5. The first-order chi connectivity index (χ1) is 15.1. The third-order valence-electron chi connectivity index (χ3n) is 5.16. The van der Waals surface area contributed by atoms with Crippen molar-refractivity contribution in [1.82, 2.24) is 4.57 Å². The summed E-state index contributed by atoms with van der Waals surface area (Å²) in [6.45, 7) is 4.95. The van der Waals surface area contributed by atoms with E-state index in [1.807, 2.05) is 30.3 Å². The second-order valence-electron chi connectivity index (χ2n) is 7.49. The lowest BCUT2D eigenvalue weighted by Gasteiger charge is -2.13. The molecule has 0 aliphatic heterocycles. The van der Waals surface area contributed by atoms with Crippen molar-refractivity contribution in [2.75, 3.05) is 14.2 Å². The molecule has 0 N–H and O–H groups in total. The lowest BCUT2D eigenvalue weighted by atomic mass is 10.0. The Labute approximate surface area is 186 Å². The van der Waals surface area contributed by atoms with Gasteiger partial charge in [-0.25, -0.2) is 4.99 Å². The summed E-state index contributed by atoms with van der Waals surface area (Å²) < 4.78 is 18.9. The van der Waals surface area contributed by atoms with Crippen molar-refractivity contribution in [1.29, 1.82) is 0 Å². The third kappa shape index (κ3) is 4.59. The van der Waals surface area contributed by atoms with Gasteiger partial charge in [-0.2, -0.15) is 0 Å². The average molecular weight is 435 g/mol. The second-order valence-corrected chi connectivity index (χ2v) is 8.33. The molecule has 0 saturated carbocycles. The van der Waals surface area contributed by atoms with Crippen molar-refractivity contribution >= 4 is 17.0 Å². The minimum Gasteiger partial charge on any atom is -0.497 e. The fourth-order valence-corrected chi connectivity index (χ4v) is 4.32. The number of nitrogens with zero attached hydrogens (tertiary/aromatic N) is 2. The number of aromatic nitrogens is 1. The van der Waals surface area contributed by atoms with E-state index in [-0.39, 0.29) is 0 Å². The van der Waals surface area contributed by atoms with Crippen LogP contribution in [0, 0.1) is 0 Å². The van der Waals surface area contributed by atoms with Crippen LogP contribution in [0.15, 0.2) is 75.7 Å². The van der Waals surface area contributed by atoms with Gasteiger partial charge in [-0.05, 0) is 53.9 Å². The van der Waals surface area contributed by atoms with Gasteiger partial charge in [0.1, 0.15) is 17.3 Å². The molecule has 0 fully saturated rings. The van der Waals surface area contributed by atoms with E-state index < -0.39 is 0 Å². The monoisotopic (exact) mass is 434 g/mol. The van der Waals surface area contributed by atoms with Gasteiger partial charge in [-0.1, -0.05) is 26.0 Å². The van der Waals surface area contributed by atoms with E-state index in [4.69, 9.17) is 18.9 Å². The molecule has 0 radical (unpaired) electrons. The van der Waals surface area contributed by atoms with E-state index in [9.17, 15) is 0 Å². The highest BCUT2D eigenvalue weighted by Gasteiger charge is 2.15. The van der Waals surface area contributed by atoms with Gasteiger partial charge in [-0.15, -0.1) is 11.3 Å². The Morgan fingerprint density at radius 2 is 1.84 bits per heavy atom. The first kappa shape index (κ1) is 21.0. The molecule has 160 valence electrons. The summed E-state index contributed by atoms with van der Waals surface area (Å²) in [4.78, 5) is 5.82. The number of rotatable bonds is 7. The van der Waals surface area contributed by atoms with Gasteiger partial charge in [0.15, 0.2) is 4.80 Å². The Morgan fingerprint density at radius 1 is 1.03 bits per heavy atom. The highest BCUT2D eigenvalue weighted by molar-refractivity contribution is 7.07. The molecule has 0 aliphatic carbocycles. The summed E-state index contributed by atoms with van der Waals surface area (Å²) >= 11 is 1.59. The number of thiazole rings is 1. The summed E-state index contributed by atoms with van der Waals surface area (Å²) in [5, 5.41) is 2.10. The fraction of sp³-hybridized carbons (Fsp3) is 0.240. The summed E-state index contributed by atoms with van der Waals surface area (Å²) in [5.41, 5.74) is 4.16. The Kier molecular flexibility index (Phi) is 6.28. The molecule has 4 rings (SSSR count). The Balaban J connectivity index is 1.85. The zero-order chi connectivity index (χ0) is 21.8. The molecule has 31 heavy (non-hydrogen) atoms. The summed E-state index contributed by atoms with van der Waals surface area (Å²) in [6, 6.07) is 18.1. The summed E-state index contributed by atoms with van der Waals surface area (Å²) in [5.74, 6) is 2.90. The van der Waals surface area contributed by atoms with E-state index in [2.05, 4.69) is 48.1 Å². The molecule has 0 aliphatic rings. The minimum absolute atomic E-state index is 0.492. The highest BCUT2D eigenvalue weighted by Crippen LogP contribution is 2.34. The average Bonchev–Trinajstić information content (AvgIpc) is 3.44. The molecular formula is C25H26N2O3S. The van der Waals surface area contributed by atoms with Gasteiger partial charge in [0.05, 0.1) is 38.4 Å². The molecule has 0 atom stereocenters. The largest absolute Gasteiger partial charge is 0.497 e. The van der Waals surface area contributed by atoms with E-state index >= 15 is 0 Å². The quantitative estimate of drug-likeness (QED) is 0.346. The van der Waals surface area contributed by atoms with Crippen LogP contribution >= 0.6 is 11.3 Å². The van der Waals surface area contributed by atoms with Crippen LogP contribution in [0.1, 0.15) is 31.1 Å². The van der Waals surface area contributed by atoms with Gasteiger partial charge in [-0.3, -0.25) is 0 Å². The normalized spacial score (nSPS) is 11.8. The number of benzene rings is 2. The maximum absolute atomic E-state index is 5.63. The van der Waals surface area contributed by atoms with Crippen molar-refractivity contribution in [3.05, 3.63) is 82.4 Å². The lowest BCUT2D eigenvalue weighted by Crippen LogP contribution is -2.16. The van der Waals surface area contributed by atoms with Crippen LogP contribution in [0.4, 0.5) is 5.69 Å². The van der Waals surface area contributed by atoms with Crippen LogP contribution in [0.25, 0.3) is 11.3 Å². The van der Waals surface area contributed by atoms with Crippen LogP contribution in [0.2, 0.25) is 0 Å². The van der Waals surface area contributed by atoms with Crippen LogP contribution in [-0.2, 0) is 6.54 Å². The SMILES string of the molecule is COc1ccc(OC)c(-c2csc(=Nc3ccc(C(C)C)cc3)n2Cc2ccco2)c1. The zero-order valence-corrected chi connectivity index (χ0v) is 19.0. The smallest absolute Gasteiger partial charge is 0.190 e. The van der Waals surface area contributed by atoms with Crippen LogP contribution < -0.4 is 14.3 Å². The summed E-state index contributed by atoms with van der Waals surface area (Å²) in [6.07, 6.45) is 1.69. The van der Waals surface area contributed by atoms with E-state index in [0.717, 1.165) is 39.0 Å². The van der Waals surface area contributed by atoms with Gasteiger partial charge in [0.2, 0.25) is 0 Å². The zero-order valence-electron chi connectivity index (χ0n) is 18.2. The predicted octanol–water partition coefficient (Wildman–Crippen LogP) is 6.23. The van der Waals surface area contributed by atoms with Crippen molar-refractivity contribution in [3.63, 3.8) is 0 Å². The predicted molar refractivity (Wildman–Crippen MR) is 124 cm³/mol. The standard InChI is InChI=1S/C25H26N2O3S/c1-17(2)18-7-9-19(10-8-18)26-25-27(15-21-6-5-13-30-21)23(16-31-25)22-14-20(28-3)11-12-24(22)29-4/h5-14,16-17H,15H2,1-4H3. The van der Waals surface area contributed by atoms with Crippen LogP contribution in [0.5, 0.6) is 11.5 Å². The van der Waals surface area contributed by atoms with Crippen LogP contribution in [-0.4, -0.2) is 18.8 Å². The van der Waals surface area contributed by atoms with Gasteiger partial charge in [0.25, 0.3) is 0 Å². The molecule has 0 bridgehead atoms. The van der Waals surface area contributed by atoms with Gasteiger partial charge in [0, 0.05) is 10.9 Å². The molecule has 2 aromatic carbocycles. The van der Waals surface area contributed by atoms with Crippen molar-refractivity contribution in [2.24, 2.45) is 4.99 Å². The van der Waals surface area contributed by atoms with E-state index in [1.165, 1.54) is 5.56 Å². The van der Waals surface area contributed by atoms with E-state index in [0.29, 0.717) is 12.5 Å². The molecule has 6 heteroatoms. The van der Waals surface area contributed by atoms with Crippen molar-refractivity contribution in [3.8, 4) is 22.8 Å². The maximum Gasteiger partial charge on any atom is 0.190 e. The van der Waals surface area contributed by atoms with E-state index in [1.54, 1.807) is 31.8 Å². The van der Waals surface area contributed by atoms with Crippen LogP contribution in [0.3, 0.4) is 0 Å². The Hall–Kier alpha value is -3.25.